The van der Waals surface area contributed by atoms with E-state index in [1.54, 1.807) is 0 Å². The van der Waals surface area contributed by atoms with Crippen LogP contribution in [0, 0.1) is 5.82 Å². The maximum atomic E-state index is 13.6. The van der Waals surface area contributed by atoms with E-state index < -0.39 is 5.82 Å². The summed E-state index contributed by atoms with van der Waals surface area (Å²) in [5, 5.41) is 3.70. The lowest BCUT2D eigenvalue weighted by Gasteiger charge is -2.21. The number of rotatable bonds is 5. The summed E-state index contributed by atoms with van der Waals surface area (Å²) in [5.41, 5.74) is 2.32. The molecule has 1 aliphatic carbocycles. The number of halogens is 1. The predicted octanol–water partition coefficient (Wildman–Crippen LogP) is 1.99. The summed E-state index contributed by atoms with van der Waals surface area (Å²) >= 11 is 1.91. The van der Waals surface area contributed by atoms with Crippen molar-refractivity contribution < 1.29 is 4.39 Å². The summed E-state index contributed by atoms with van der Waals surface area (Å²) in [4.78, 5) is 7.73. The third kappa shape index (κ3) is 3.02. The van der Waals surface area contributed by atoms with Crippen LogP contribution in [0.1, 0.15) is 26.2 Å². The molecule has 1 fully saturated rings. The van der Waals surface area contributed by atoms with Crippen LogP contribution in [0.2, 0.25) is 0 Å². The molecule has 2 unspecified atom stereocenters. The van der Waals surface area contributed by atoms with Crippen LogP contribution in [0.15, 0.2) is 6.20 Å². The molecule has 0 aromatic carbocycles. The Morgan fingerprint density at radius 1 is 1.56 bits per heavy atom. The minimum absolute atomic E-state index is 0.219. The van der Waals surface area contributed by atoms with Gasteiger partial charge in [-0.25, -0.2) is 15.2 Å². The zero-order valence-corrected chi connectivity index (χ0v) is 11.1. The number of thioether (sulfide) groups is 1. The maximum absolute atomic E-state index is 13.6. The number of hydrazine groups is 1. The summed E-state index contributed by atoms with van der Waals surface area (Å²) in [6, 6.07) is 0.268. The van der Waals surface area contributed by atoms with Crippen molar-refractivity contribution in [2.75, 3.05) is 16.5 Å². The second-order valence-corrected chi connectivity index (χ2v) is 5.73. The Hall–Kier alpha value is -1.08. The largest absolute Gasteiger partial charge is 0.364 e. The average Bonchev–Trinajstić information content (AvgIpc) is 2.80. The van der Waals surface area contributed by atoms with Crippen molar-refractivity contribution in [2.24, 2.45) is 5.84 Å². The van der Waals surface area contributed by atoms with Gasteiger partial charge in [0.1, 0.15) is 0 Å². The monoisotopic (exact) mass is 271 g/mol. The molecule has 0 saturated heterocycles. The topological polar surface area (TPSA) is 75.9 Å². The number of aromatic nitrogens is 2. The molecule has 0 radical (unpaired) electrons. The molecule has 1 saturated carbocycles. The first-order valence-electron chi connectivity index (χ1n) is 6.12. The highest BCUT2D eigenvalue weighted by molar-refractivity contribution is 7.99. The van der Waals surface area contributed by atoms with Crippen molar-refractivity contribution in [2.45, 2.75) is 37.5 Å². The highest BCUT2D eigenvalue weighted by atomic mass is 32.2. The molecular formula is C11H18FN5S. The number of nitrogen functional groups attached to an aromatic ring is 1. The van der Waals surface area contributed by atoms with Gasteiger partial charge >= 0.3 is 0 Å². The summed E-state index contributed by atoms with van der Waals surface area (Å²) in [6.45, 7) is 2.14. The SMILES string of the molecule is CCSC1CCCC1Nc1nc(NN)ncc1F. The molecule has 4 N–H and O–H groups in total. The number of nitrogens with one attached hydrogen (secondary N) is 2. The van der Waals surface area contributed by atoms with E-state index in [4.69, 9.17) is 5.84 Å². The minimum Gasteiger partial charge on any atom is -0.364 e. The fourth-order valence-electron chi connectivity index (χ4n) is 2.22. The van der Waals surface area contributed by atoms with Crippen LogP contribution in [0.5, 0.6) is 0 Å². The molecule has 18 heavy (non-hydrogen) atoms. The Morgan fingerprint density at radius 2 is 2.39 bits per heavy atom. The van der Waals surface area contributed by atoms with Crippen molar-refractivity contribution in [3.05, 3.63) is 12.0 Å². The summed E-state index contributed by atoms with van der Waals surface area (Å²) in [5.74, 6) is 6.30. The molecule has 100 valence electrons. The van der Waals surface area contributed by atoms with E-state index in [0.29, 0.717) is 5.25 Å². The fourth-order valence-corrected chi connectivity index (χ4v) is 3.42. The van der Waals surface area contributed by atoms with Gasteiger partial charge in [0.05, 0.1) is 6.20 Å². The summed E-state index contributed by atoms with van der Waals surface area (Å²) in [6.07, 6.45) is 4.52. The number of anilines is 2. The van der Waals surface area contributed by atoms with E-state index in [1.165, 1.54) is 12.8 Å². The number of nitrogens with zero attached hydrogens (tertiary/aromatic N) is 2. The van der Waals surface area contributed by atoms with Crippen LogP contribution in [0.25, 0.3) is 0 Å². The summed E-state index contributed by atoms with van der Waals surface area (Å²) < 4.78 is 13.6. The first kappa shape index (κ1) is 13.4. The Morgan fingerprint density at radius 3 is 3.11 bits per heavy atom. The van der Waals surface area contributed by atoms with Gasteiger partial charge in [0.25, 0.3) is 0 Å². The molecule has 7 heteroatoms. The van der Waals surface area contributed by atoms with Gasteiger partial charge in [0.15, 0.2) is 11.6 Å². The Kier molecular flexibility index (Phi) is 4.60. The Bertz CT molecular complexity index is 403. The molecule has 5 nitrogen and oxygen atoms in total. The highest BCUT2D eigenvalue weighted by Crippen LogP contribution is 2.32. The standard InChI is InChI=1S/C11H18FN5S/c1-2-18-9-5-3-4-8(9)15-10-7(12)6-14-11(16-10)17-13/h6,8-9H,2-5,13H2,1H3,(H2,14,15,16,17). The molecule has 0 spiro atoms. The zero-order chi connectivity index (χ0) is 13.0. The van der Waals surface area contributed by atoms with Gasteiger partial charge in [-0.3, -0.25) is 5.43 Å². The van der Waals surface area contributed by atoms with Crippen molar-refractivity contribution in [3.63, 3.8) is 0 Å². The van der Waals surface area contributed by atoms with Crippen molar-refractivity contribution in [3.8, 4) is 0 Å². The van der Waals surface area contributed by atoms with Gasteiger partial charge in [0.2, 0.25) is 5.95 Å². The molecule has 0 amide bonds. The highest BCUT2D eigenvalue weighted by Gasteiger charge is 2.28. The van der Waals surface area contributed by atoms with Crippen LogP contribution in [-0.2, 0) is 0 Å². The van der Waals surface area contributed by atoms with Gasteiger partial charge in [-0.05, 0) is 18.6 Å². The number of hydrogen-bond donors (Lipinski definition) is 3. The van der Waals surface area contributed by atoms with Crippen molar-refractivity contribution >= 4 is 23.5 Å². The van der Waals surface area contributed by atoms with Gasteiger partial charge in [-0.2, -0.15) is 16.7 Å². The molecule has 2 atom stereocenters. The molecule has 1 aromatic rings. The van der Waals surface area contributed by atoms with Gasteiger partial charge in [-0.15, -0.1) is 0 Å². The number of nitrogens with two attached hydrogens (primary N) is 1. The van der Waals surface area contributed by atoms with E-state index in [2.05, 4.69) is 27.6 Å². The first-order valence-corrected chi connectivity index (χ1v) is 7.16. The van der Waals surface area contributed by atoms with E-state index in [9.17, 15) is 4.39 Å². The second-order valence-electron chi connectivity index (χ2n) is 4.21. The molecular weight excluding hydrogens is 253 g/mol. The zero-order valence-electron chi connectivity index (χ0n) is 10.3. The lowest BCUT2D eigenvalue weighted by atomic mass is 10.2. The molecule has 1 heterocycles. The maximum Gasteiger partial charge on any atom is 0.239 e. The molecule has 1 aromatic heterocycles. The van der Waals surface area contributed by atoms with Gasteiger partial charge in [0, 0.05) is 11.3 Å². The smallest absolute Gasteiger partial charge is 0.239 e. The second kappa shape index (κ2) is 6.19. The summed E-state index contributed by atoms with van der Waals surface area (Å²) in [7, 11) is 0. The molecule has 1 aliphatic rings. The third-order valence-corrected chi connectivity index (χ3v) is 4.35. The molecule has 0 aliphatic heterocycles. The number of hydrogen-bond acceptors (Lipinski definition) is 6. The van der Waals surface area contributed by atoms with Crippen LogP contribution in [0.4, 0.5) is 16.2 Å². The van der Waals surface area contributed by atoms with E-state index in [1.807, 2.05) is 11.8 Å². The normalized spacial score (nSPS) is 23.1. The Labute approximate surface area is 110 Å². The third-order valence-electron chi connectivity index (χ3n) is 3.03. The minimum atomic E-state index is -0.443. The van der Waals surface area contributed by atoms with Gasteiger partial charge < -0.3 is 5.32 Å². The van der Waals surface area contributed by atoms with Crippen LogP contribution >= 0.6 is 11.8 Å². The Balaban J connectivity index is 2.08. The lowest BCUT2D eigenvalue weighted by Crippen LogP contribution is -2.27. The average molecular weight is 271 g/mol. The van der Waals surface area contributed by atoms with Crippen LogP contribution in [-0.4, -0.2) is 27.0 Å². The molecule has 2 rings (SSSR count). The lowest BCUT2D eigenvalue weighted by molar-refractivity contribution is 0.611. The van der Waals surface area contributed by atoms with Gasteiger partial charge in [-0.1, -0.05) is 13.3 Å². The van der Waals surface area contributed by atoms with Crippen LogP contribution < -0.4 is 16.6 Å². The van der Waals surface area contributed by atoms with Crippen molar-refractivity contribution in [1.82, 2.24) is 9.97 Å². The van der Waals surface area contributed by atoms with E-state index in [0.717, 1.165) is 18.4 Å². The fraction of sp³-hybridized carbons (Fsp3) is 0.636. The quantitative estimate of drug-likeness (QED) is 0.561. The van der Waals surface area contributed by atoms with Crippen LogP contribution in [0.3, 0.4) is 0 Å². The van der Waals surface area contributed by atoms with E-state index in [-0.39, 0.29) is 17.8 Å². The first-order chi connectivity index (χ1) is 8.74. The van der Waals surface area contributed by atoms with Crippen molar-refractivity contribution in [1.29, 1.82) is 0 Å². The predicted molar refractivity (Wildman–Crippen MR) is 73.0 cm³/mol. The molecule has 0 bridgehead atoms. The van der Waals surface area contributed by atoms with E-state index >= 15 is 0 Å².